The van der Waals surface area contributed by atoms with Crippen LogP contribution >= 0.6 is 0 Å². The largest absolute Gasteiger partial charge is 0.342 e. The van der Waals surface area contributed by atoms with E-state index >= 15 is 0 Å². The standard InChI is InChI=1S/C12H24N2O/c1-4-14(5-2)12(15)9-13-11-8-6-7-10(11)3/h10-11,13H,4-9H2,1-3H3. The van der Waals surface area contributed by atoms with Crippen LogP contribution in [-0.4, -0.2) is 36.5 Å². The summed E-state index contributed by atoms with van der Waals surface area (Å²) in [6.07, 6.45) is 3.84. The molecule has 0 aromatic rings. The number of likely N-dealkylation sites (N-methyl/N-ethyl adjacent to an activating group) is 1. The lowest BCUT2D eigenvalue weighted by atomic mass is 10.1. The van der Waals surface area contributed by atoms with E-state index in [1.54, 1.807) is 0 Å². The summed E-state index contributed by atoms with van der Waals surface area (Å²) < 4.78 is 0. The van der Waals surface area contributed by atoms with Gasteiger partial charge < -0.3 is 10.2 Å². The molecule has 3 heteroatoms. The second-order valence-corrected chi connectivity index (χ2v) is 4.46. The molecule has 0 spiro atoms. The molecule has 88 valence electrons. The summed E-state index contributed by atoms with van der Waals surface area (Å²) in [5, 5.41) is 3.39. The van der Waals surface area contributed by atoms with Crippen LogP contribution in [0.3, 0.4) is 0 Å². The smallest absolute Gasteiger partial charge is 0.236 e. The van der Waals surface area contributed by atoms with E-state index in [4.69, 9.17) is 0 Å². The van der Waals surface area contributed by atoms with E-state index in [0.717, 1.165) is 19.0 Å². The van der Waals surface area contributed by atoms with E-state index in [1.807, 2.05) is 18.7 Å². The number of rotatable bonds is 5. The third-order valence-electron chi connectivity index (χ3n) is 3.49. The Bertz CT molecular complexity index is 202. The van der Waals surface area contributed by atoms with Crippen molar-refractivity contribution in [3.05, 3.63) is 0 Å². The molecule has 1 rings (SSSR count). The van der Waals surface area contributed by atoms with Gasteiger partial charge >= 0.3 is 0 Å². The summed E-state index contributed by atoms with van der Waals surface area (Å²) in [5.74, 6) is 0.966. The number of carbonyl (C=O) groups excluding carboxylic acids is 1. The lowest BCUT2D eigenvalue weighted by Gasteiger charge is -2.22. The van der Waals surface area contributed by atoms with Gasteiger partial charge in [-0.25, -0.2) is 0 Å². The van der Waals surface area contributed by atoms with Crippen LogP contribution in [0.4, 0.5) is 0 Å². The van der Waals surface area contributed by atoms with E-state index in [0.29, 0.717) is 12.6 Å². The van der Waals surface area contributed by atoms with Crippen molar-refractivity contribution in [1.29, 1.82) is 0 Å². The summed E-state index contributed by atoms with van der Waals surface area (Å²) in [6, 6.07) is 0.560. The maximum absolute atomic E-state index is 11.7. The van der Waals surface area contributed by atoms with Gasteiger partial charge in [0.25, 0.3) is 0 Å². The molecule has 0 aliphatic heterocycles. The fraction of sp³-hybridized carbons (Fsp3) is 0.917. The third-order valence-corrected chi connectivity index (χ3v) is 3.49. The predicted molar refractivity (Wildman–Crippen MR) is 62.7 cm³/mol. The first kappa shape index (κ1) is 12.5. The van der Waals surface area contributed by atoms with Gasteiger partial charge in [0, 0.05) is 19.1 Å². The van der Waals surface area contributed by atoms with Crippen LogP contribution in [0.15, 0.2) is 0 Å². The molecule has 1 saturated carbocycles. The van der Waals surface area contributed by atoms with Gasteiger partial charge in [-0.05, 0) is 32.6 Å². The maximum atomic E-state index is 11.7. The van der Waals surface area contributed by atoms with Crippen LogP contribution in [0.2, 0.25) is 0 Å². The first-order chi connectivity index (χ1) is 7.19. The summed E-state index contributed by atoms with van der Waals surface area (Å²) in [6.45, 7) is 8.47. The molecule has 1 aliphatic rings. The Labute approximate surface area is 93.2 Å². The molecule has 0 heterocycles. The molecule has 1 N–H and O–H groups in total. The van der Waals surface area contributed by atoms with Crippen LogP contribution in [0.5, 0.6) is 0 Å². The molecule has 0 aromatic carbocycles. The molecule has 0 aromatic heterocycles. The van der Waals surface area contributed by atoms with Gasteiger partial charge in [0.1, 0.15) is 0 Å². The molecule has 0 bridgehead atoms. The van der Waals surface area contributed by atoms with Crippen molar-refractivity contribution in [3.63, 3.8) is 0 Å². The van der Waals surface area contributed by atoms with Gasteiger partial charge in [0.2, 0.25) is 5.91 Å². The number of amides is 1. The molecule has 1 fully saturated rings. The minimum absolute atomic E-state index is 0.235. The van der Waals surface area contributed by atoms with Crippen LogP contribution in [0, 0.1) is 5.92 Å². The van der Waals surface area contributed by atoms with Gasteiger partial charge in [-0.3, -0.25) is 4.79 Å². The molecule has 1 amide bonds. The van der Waals surface area contributed by atoms with E-state index < -0.39 is 0 Å². The quantitative estimate of drug-likeness (QED) is 0.751. The van der Waals surface area contributed by atoms with Gasteiger partial charge in [0.15, 0.2) is 0 Å². The van der Waals surface area contributed by atoms with Crippen molar-refractivity contribution in [2.75, 3.05) is 19.6 Å². The minimum atomic E-state index is 0.235. The van der Waals surface area contributed by atoms with Gasteiger partial charge in [-0.2, -0.15) is 0 Å². The summed E-state index contributed by atoms with van der Waals surface area (Å²) in [7, 11) is 0. The Balaban J connectivity index is 2.26. The molecule has 3 nitrogen and oxygen atoms in total. The first-order valence-corrected chi connectivity index (χ1v) is 6.20. The predicted octanol–water partition coefficient (Wildman–Crippen LogP) is 1.63. The highest BCUT2D eigenvalue weighted by Crippen LogP contribution is 2.24. The number of nitrogens with one attached hydrogen (secondary N) is 1. The van der Waals surface area contributed by atoms with Crippen molar-refractivity contribution in [1.82, 2.24) is 10.2 Å². The van der Waals surface area contributed by atoms with E-state index in [1.165, 1.54) is 19.3 Å². The monoisotopic (exact) mass is 212 g/mol. The van der Waals surface area contributed by atoms with Crippen molar-refractivity contribution >= 4 is 5.91 Å². The second kappa shape index (κ2) is 6.11. The molecular weight excluding hydrogens is 188 g/mol. The maximum Gasteiger partial charge on any atom is 0.236 e. The lowest BCUT2D eigenvalue weighted by molar-refractivity contribution is -0.130. The molecule has 15 heavy (non-hydrogen) atoms. The molecule has 1 aliphatic carbocycles. The van der Waals surface area contributed by atoms with Crippen LogP contribution in [0.1, 0.15) is 40.0 Å². The zero-order valence-corrected chi connectivity index (χ0v) is 10.3. The topological polar surface area (TPSA) is 32.3 Å². The number of hydrogen-bond donors (Lipinski definition) is 1. The van der Waals surface area contributed by atoms with Crippen molar-refractivity contribution in [3.8, 4) is 0 Å². The van der Waals surface area contributed by atoms with E-state index in [-0.39, 0.29) is 5.91 Å². The van der Waals surface area contributed by atoms with Crippen LogP contribution < -0.4 is 5.32 Å². The highest BCUT2D eigenvalue weighted by atomic mass is 16.2. The Morgan fingerprint density at radius 1 is 1.33 bits per heavy atom. The Hall–Kier alpha value is -0.570. The van der Waals surface area contributed by atoms with Gasteiger partial charge in [0.05, 0.1) is 6.54 Å². The van der Waals surface area contributed by atoms with Crippen molar-refractivity contribution < 1.29 is 4.79 Å². The average molecular weight is 212 g/mol. The van der Waals surface area contributed by atoms with Crippen molar-refractivity contribution in [2.24, 2.45) is 5.92 Å². The number of hydrogen-bond acceptors (Lipinski definition) is 2. The molecule has 0 saturated heterocycles. The molecule has 0 radical (unpaired) electrons. The summed E-state index contributed by atoms with van der Waals surface area (Å²) >= 11 is 0. The van der Waals surface area contributed by atoms with Crippen LogP contribution in [-0.2, 0) is 4.79 Å². The van der Waals surface area contributed by atoms with E-state index in [2.05, 4.69) is 12.2 Å². The second-order valence-electron chi connectivity index (χ2n) is 4.46. The van der Waals surface area contributed by atoms with Gasteiger partial charge in [-0.1, -0.05) is 13.3 Å². The van der Waals surface area contributed by atoms with Gasteiger partial charge in [-0.15, -0.1) is 0 Å². The highest BCUT2D eigenvalue weighted by Gasteiger charge is 2.23. The normalized spacial score (nSPS) is 25.5. The Kier molecular flexibility index (Phi) is 5.09. The van der Waals surface area contributed by atoms with Crippen molar-refractivity contribution in [2.45, 2.75) is 46.1 Å². The lowest BCUT2D eigenvalue weighted by Crippen LogP contribution is -2.42. The fourth-order valence-corrected chi connectivity index (χ4v) is 2.36. The summed E-state index contributed by atoms with van der Waals surface area (Å²) in [4.78, 5) is 13.6. The number of nitrogens with zero attached hydrogens (tertiary/aromatic N) is 1. The zero-order valence-electron chi connectivity index (χ0n) is 10.3. The molecule has 2 atom stereocenters. The Morgan fingerprint density at radius 3 is 2.47 bits per heavy atom. The third kappa shape index (κ3) is 3.49. The molecular formula is C12H24N2O. The first-order valence-electron chi connectivity index (χ1n) is 6.20. The summed E-state index contributed by atoms with van der Waals surface area (Å²) in [5.41, 5.74) is 0. The average Bonchev–Trinajstić information content (AvgIpc) is 2.63. The SMILES string of the molecule is CCN(CC)C(=O)CNC1CCCC1C. The fourth-order valence-electron chi connectivity index (χ4n) is 2.36. The van der Waals surface area contributed by atoms with E-state index in [9.17, 15) is 4.79 Å². The minimum Gasteiger partial charge on any atom is -0.342 e. The molecule has 2 unspecified atom stereocenters. The Morgan fingerprint density at radius 2 is 2.00 bits per heavy atom. The number of carbonyl (C=O) groups is 1. The van der Waals surface area contributed by atoms with Crippen LogP contribution in [0.25, 0.3) is 0 Å². The zero-order chi connectivity index (χ0) is 11.3. The highest BCUT2D eigenvalue weighted by molar-refractivity contribution is 5.78.